The predicted octanol–water partition coefficient (Wildman–Crippen LogP) is 3.12. The summed E-state index contributed by atoms with van der Waals surface area (Å²) in [4.78, 5) is 10.3. The van der Waals surface area contributed by atoms with Crippen LogP contribution in [0.2, 0.25) is 0 Å². The van der Waals surface area contributed by atoms with Gasteiger partial charge in [0, 0.05) is 6.07 Å². The Bertz CT molecular complexity index is 814. The van der Waals surface area contributed by atoms with Crippen molar-refractivity contribution in [3.8, 4) is 5.75 Å². The van der Waals surface area contributed by atoms with Crippen molar-refractivity contribution in [3.05, 3.63) is 69.3 Å². The Morgan fingerprint density at radius 2 is 1.77 bits per heavy atom. The van der Waals surface area contributed by atoms with Gasteiger partial charge in [0.1, 0.15) is 5.75 Å². The first-order chi connectivity index (χ1) is 10.3. The SMILES string of the molecule is Cc1cccc(CS(=O)(=O)Oc2ccc(C)cc2[N+](=O)[O-])c1. The lowest BCUT2D eigenvalue weighted by molar-refractivity contribution is -0.385. The van der Waals surface area contributed by atoms with Crippen LogP contribution in [0, 0.1) is 24.0 Å². The summed E-state index contributed by atoms with van der Waals surface area (Å²) >= 11 is 0. The summed E-state index contributed by atoms with van der Waals surface area (Å²) in [5, 5.41) is 11.0. The number of hydrogen-bond donors (Lipinski definition) is 0. The van der Waals surface area contributed by atoms with E-state index in [0.29, 0.717) is 11.1 Å². The summed E-state index contributed by atoms with van der Waals surface area (Å²) in [6.07, 6.45) is 0. The molecule has 0 bridgehead atoms. The van der Waals surface area contributed by atoms with E-state index in [4.69, 9.17) is 4.18 Å². The lowest BCUT2D eigenvalue weighted by Crippen LogP contribution is -2.13. The number of hydrogen-bond acceptors (Lipinski definition) is 5. The second-order valence-electron chi connectivity index (χ2n) is 5.00. The highest BCUT2D eigenvalue weighted by Crippen LogP contribution is 2.29. The molecule has 0 amide bonds. The molecule has 2 aromatic rings. The van der Waals surface area contributed by atoms with E-state index < -0.39 is 15.0 Å². The predicted molar refractivity (Wildman–Crippen MR) is 82.3 cm³/mol. The molecule has 0 N–H and O–H groups in total. The van der Waals surface area contributed by atoms with Gasteiger partial charge < -0.3 is 4.18 Å². The summed E-state index contributed by atoms with van der Waals surface area (Å²) in [6.45, 7) is 3.53. The van der Waals surface area contributed by atoms with Crippen LogP contribution in [0.15, 0.2) is 42.5 Å². The molecule has 0 aromatic heterocycles. The van der Waals surface area contributed by atoms with E-state index >= 15 is 0 Å². The third-order valence-corrected chi connectivity index (χ3v) is 4.07. The Labute approximate surface area is 128 Å². The van der Waals surface area contributed by atoms with Gasteiger partial charge in [-0.3, -0.25) is 10.1 Å². The van der Waals surface area contributed by atoms with Crippen molar-refractivity contribution in [1.82, 2.24) is 0 Å². The zero-order valence-electron chi connectivity index (χ0n) is 12.1. The number of aryl methyl sites for hydroxylation is 2. The van der Waals surface area contributed by atoms with Gasteiger partial charge in [0.15, 0.2) is 0 Å². The van der Waals surface area contributed by atoms with Crippen molar-refractivity contribution in [2.24, 2.45) is 0 Å². The Balaban J connectivity index is 2.28. The molecule has 0 fully saturated rings. The van der Waals surface area contributed by atoms with Gasteiger partial charge in [-0.15, -0.1) is 0 Å². The number of benzene rings is 2. The van der Waals surface area contributed by atoms with Crippen LogP contribution in [-0.4, -0.2) is 13.3 Å². The third kappa shape index (κ3) is 4.05. The maximum atomic E-state index is 12.1. The van der Waals surface area contributed by atoms with Crippen molar-refractivity contribution in [3.63, 3.8) is 0 Å². The molecule has 0 aliphatic rings. The van der Waals surface area contributed by atoms with Gasteiger partial charge in [-0.05, 0) is 31.0 Å². The first-order valence-corrected chi connectivity index (χ1v) is 8.07. The average Bonchev–Trinajstić information content (AvgIpc) is 2.39. The second kappa shape index (κ2) is 6.15. The Morgan fingerprint density at radius 1 is 1.09 bits per heavy atom. The highest BCUT2D eigenvalue weighted by atomic mass is 32.2. The van der Waals surface area contributed by atoms with E-state index in [2.05, 4.69) is 0 Å². The molecule has 22 heavy (non-hydrogen) atoms. The minimum absolute atomic E-state index is 0.275. The molecular formula is C15H15NO5S. The fraction of sp³-hybridized carbons (Fsp3) is 0.200. The Morgan fingerprint density at radius 3 is 2.41 bits per heavy atom. The number of nitro groups is 1. The molecule has 0 aliphatic heterocycles. The second-order valence-corrected chi connectivity index (χ2v) is 6.57. The molecule has 0 atom stereocenters. The quantitative estimate of drug-likeness (QED) is 0.480. The van der Waals surface area contributed by atoms with Crippen LogP contribution in [0.4, 0.5) is 5.69 Å². The molecule has 0 aliphatic carbocycles. The first-order valence-electron chi connectivity index (χ1n) is 6.49. The molecule has 0 saturated heterocycles. The minimum Gasteiger partial charge on any atom is -0.375 e. The lowest BCUT2D eigenvalue weighted by atomic mass is 10.2. The van der Waals surface area contributed by atoms with Gasteiger partial charge in [-0.2, -0.15) is 8.42 Å². The Hall–Kier alpha value is -2.41. The standard InChI is InChI=1S/C15H15NO5S/c1-11-4-3-5-13(8-11)10-22(19,20)21-15-7-6-12(2)9-14(15)16(17)18/h3-9H,10H2,1-2H3. The van der Waals surface area contributed by atoms with Gasteiger partial charge in [-0.25, -0.2) is 0 Å². The number of nitro benzene ring substituents is 1. The highest BCUT2D eigenvalue weighted by Gasteiger charge is 2.22. The van der Waals surface area contributed by atoms with E-state index in [9.17, 15) is 18.5 Å². The third-order valence-electron chi connectivity index (χ3n) is 2.95. The summed E-state index contributed by atoms with van der Waals surface area (Å²) in [7, 11) is -3.98. The van der Waals surface area contributed by atoms with E-state index in [0.717, 1.165) is 5.56 Å². The Kier molecular flexibility index (Phi) is 4.46. The van der Waals surface area contributed by atoms with Crippen LogP contribution in [0.1, 0.15) is 16.7 Å². The largest absolute Gasteiger partial charge is 0.375 e. The molecule has 2 rings (SSSR count). The van der Waals surface area contributed by atoms with Gasteiger partial charge in [0.25, 0.3) is 0 Å². The van der Waals surface area contributed by atoms with Crippen LogP contribution in [0.25, 0.3) is 0 Å². The first kappa shape index (κ1) is 16.0. The molecule has 6 nitrogen and oxygen atoms in total. The van der Waals surface area contributed by atoms with Crippen LogP contribution >= 0.6 is 0 Å². The van der Waals surface area contributed by atoms with Crippen molar-refractivity contribution in [2.75, 3.05) is 0 Å². The molecule has 0 spiro atoms. The van der Waals surface area contributed by atoms with Crippen molar-refractivity contribution >= 4 is 15.8 Å². The van der Waals surface area contributed by atoms with E-state index in [1.807, 2.05) is 13.0 Å². The van der Waals surface area contributed by atoms with Gasteiger partial charge >= 0.3 is 15.8 Å². The fourth-order valence-corrected chi connectivity index (χ4v) is 3.07. The summed E-state index contributed by atoms with van der Waals surface area (Å²) in [5.74, 6) is -0.622. The van der Waals surface area contributed by atoms with Crippen LogP contribution < -0.4 is 4.18 Å². The fourth-order valence-electron chi connectivity index (χ4n) is 2.01. The molecule has 7 heteroatoms. The van der Waals surface area contributed by atoms with E-state index in [1.54, 1.807) is 31.2 Å². The lowest BCUT2D eigenvalue weighted by Gasteiger charge is -2.08. The summed E-state index contributed by atoms with van der Waals surface area (Å²) in [5.41, 5.74) is 1.77. The monoisotopic (exact) mass is 321 g/mol. The van der Waals surface area contributed by atoms with Crippen LogP contribution in [-0.2, 0) is 15.9 Å². The van der Waals surface area contributed by atoms with Crippen LogP contribution in [0.5, 0.6) is 5.75 Å². The van der Waals surface area contributed by atoms with Crippen molar-refractivity contribution in [2.45, 2.75) is 19.6 Å². The smallest absolute Gasteiger partial charge is 0.313 e. The molecule has 0 saturated carbocycles. The molecule has 0 heterocycles. The van der Waals surface area contributed by atoms with Gasteiger partial charge in [0.2, 0.25) is 5.75 Å². The van der Waals surface area contributed by atoms with E-state index in [1.165, 1.54) is 12.1 Å². The molecular weight excluding hydrogens is 306 g/mol. The molecule has 116 valence electrons. The van der Waals surface area contributed by atoms with Gasteiger partial charge in [-0.1, -0.05) is 35.9 Å². The highest BCUT2D eigenvalue weighted by molar-refractivity contribution is 7.86. The molecule has 2 aromatic carbocycles. The zero-order valence-corrected chi connectivity index (χ0v) is 13.0. The number of nitrogens with zero attached hydrogens (tertiary/aromatic N) is 1. The number of rotatable bonds is 5. The van der Waals surface area contributed by atoms with Crippen molar-refractivity contribution < 1.29 is 17.5 Å². The maximum Gasteiger partial charge on any atom is 0.313 e. The molecule has 0 unspecified atom stereocenters. The van der Waals surface area contributed by atoms with Gasteiger partial charge in [0.05, 0.1) is 4.92 Å². The average molecular weight is 321 g/mol. The minimum atomic E-state index is -3.98. The topological polar surface area (TPSA) is 86.5 Å². The van der Waals surface area contributed by atoms with E-state index in [-0.39, 0.29) is 17.2 Å². The van der Waals surface area contributed by atoms with Crippen molar-refractivity contribution in [1.29, 1.82) is 0 Å². The summed E-state index contributed by atoms with van der Waals surface area (Å²) in [6, 6.07) is 11.1. The maximum absolute atomic E-state index is 12.1. The summed E-state index contributed by atoms with van der Waals surface area (Å²) < 4.78 is 29.1. The normalized spacial score (nSPS) is 11.2. The zero-order chi connectivity index (χ0) is 16.3. The molecule has 0 radical (unpaired) electrons. The van der Waals surface area contributed by atoms with Crippen LogP contribution in [0.3, 0.4) is 0 Å².